The third-order valence-corrected chi connectivity index (χ3v) is 28.9. The number of aromatic nitrogens is 6. The van der Waals surface area contributed by atoms with Gasteiger partial charge < -0.3 is 41.6 Å². The van der Waals surface area contributed by atoms with Gasteiger partial charge in [0.1, 0.15) is 34.5 Å². The Labute approximate surface area is 796 Å². The highest BCUT2D eigenvalue weighted by Gasteiger charge is 2.37. The maximum absolute atomic E-state index is 6.70. The van der Waals surface area contributed by atoms with Gasteiger partial charge in [-0.05, 0) is 160 Å². The van der Waals surface area contributed by atoms with Gasteiger partial charge >= 0.3 is 0 Å². The van der Waals surface area contributed by atoms with Crippen molar-refractivity contribution in [3.05, 3.63) is 491 Å². The molecule has 0 atom stereocenters. The van der Waals surface area contributed by atoms with E-state index in [4.69, 9.17) is 14.2 Å². The Hall–Kier alpha value is -18.0. The average Bonchev–Trinajstić information content (AvgIpc) is 1.56. The fourth-order valence-corrected chi connectivity index (χ4v) is 23.1. The summed E-state index contributed by atoms with van der Waals surface area (Å²) in [5, 5.41) is 14.9. The summed E-state index contributed by atoms with van der Waals surface area (Å²) in [5.41, 5.74) is 31.9. The Morgan fingerprint density at radius 3 is 0.775 bits per heavy atom. The SMILES string of the molecule is c1ccc(B2c3ccccc3Oc3cc(-n4c5ccccc5c5cc6c7ccccc7n(-c7ccccc7)c6cc54)ccc32)cc1.c1ccc(B2c3ccccc3Oc3cc(-n4c5ccccc5c5ccc6c(c7ccccc7n6-c6ccccc6)c54)ccc32)cc1.c1ccc(B2c3ccccc3Oc3cc(-n4c5ccccc5c5ccc6c7ccccc7n(-c7ccccc7)c6c54)ccc32)cc1. The molecule has 12 heteroatoms. The second-order valence-corrected chi connectivity index (χ2v) is 36.3. The molecule has 0 saturated heterocycles. The lowest BCUT2D eigenvalue weighted by molar-refractivity contribution is 0.487. The molecule has 0 fully saturated rings. The van der Waals surface area contributed by atoms with Crippen molar-refractivity contribution < 1.29 is 14.2 Å². The monoisotopic (exact) mass is 1760 g/mol. The molecule has 27 aromatic rings. The van der Waals surface area contributed by atoms with Gasteiger partial charge in [-0.3, -0.25) is 0 Å². The van der Waals surface area contributed by atoms with E-state index in [0.717, 1.165) is 68.6 Å². The fraction of sp³-hybridized carbons (Fsp3) is 0. The van der Waals surface area contributed by atoms with Crippen molar-refractivity contribution >= 4 is 200 Å². The Morgan fingerprint density at radius 2 is 0.391 bits per heavy atom. The van der Waals surface area contributed by atoms with Crippen LogP contribution in [0.15, 0.2) is 491 Å². The van der Waals surface area contributed by atoms with E-state index in [1.165, 1.54) is 180 Å². The van der Waals surface area contributed by atoms with Crippen LogP contribution >= 0.6 is 0 Å². The van der Waals surface area contributed by atoms with E-state index in [2.05, 4.69) is 519 Å². The minimum atomic E-state index is 0.0978. The molecular weight excluding hydrogens is 1680 g/mol. The summed E-state index contributed by atoms with van der Waals surface area (Å²) >= 11 is 0. The van der Waals surface area contributed by atoms with E-state index in [0.29, 0.717) is 0 Å². The van der Waals surface area contributed by atoms with Crippen LogP contribution in [0.5, 0.6) is 34.5 Å². The van der Waals surface area contributed by atoms with Crippen LogP contribution in [0.2, 0.25) is 0 Å². The zero-order chi connectivity index (χ0) is 90.6. The molecule has 0 N–H and O–H groups in total. The lowest BCUT2D eigenvalue weighted by Gasteiger charge is -2.27. The molecule has 21 aromatic carbocycles. The summed E-state index contributed by atoms with van der Waals surface area (Å²) in [6.07, 6.45) is 0. The predicted octanol–water partition coefficient (Wildman–Crippen LogP) is 25.5. The third kappa shape index (κ3) is 12.3. The van der Waals surface area contributed by atoms with Gasteiger partial charge in [-0.1, -0.05) is 362 Å². The zero-order valence-electron chi connectivity index (χ0n) is 74.9. The fourth-order valence-electron chi connectivity index (χ4n) is 23.1. The summed E-state index contributed by atoms with van der Waals surface area (Å²) in [5.74, 6) is 5.43. The van der Waals surface area contributed by atoms with Crippen LogP contribution in [-0.4, -0.2) is 47.5 Å². The minimum absolute atomic E-state index is 0.0978. The van der Waals surface area contributed by atoms with E-state index < -0.39 is 0 Å². The van der Waals surface area contributed by atoms with Crippen LogP contribution in [0.4, 0.5) is 0 Å². The molecule has 138 heavy (non-hydrogen) atoms. The second-order valence-electron chi connectivity index (χ2n) is 36.3. The topological polar surface area (TPSA) is 57.3 Å². The number of ether oxygens (including phenoxy) is 3. The largest absolute Gasteiger partial charge is 0.458 e. The number of benzene rings is 21. The van der Waals surface area contributed by atoms with Crippen molar-refractivity contribution in [1.29, 1.82) is 0 Å². The summed E-state index contributed by atoms with van der Waals surface area (Å²) in [4.78, 5) is 0. The molecule has 9 heterocycles. The van der Waals surface area contributed by atoms with E-state index in [1.807, 2.05) is 0 Å². The standard InChI is InChI=1S/3C42H27BN2O/c1-3-13-28(14-4-1)43-35-19-9-12-22-39(35)46-40-27-30(23-26-36(40)43)45-38-21-11-8-18-32(38)34-25-24-33-31-17-7-10-20-37(31)44(41(33)42(34)45)29-15-5-2-6-16-29;1-3-13-28(14-4-1)43-34-19-9-12-22-39(34)46-40-27-30(23-25-35(40)43)45-36-20-10-7-17-31(36)32-24-26-38-41(42(32)45)33-18-8-11-21-37(33)44(38)29-15-5-2-6-16-29;1-3-13-28(14-4-1)43-35-19-9-12-22-41(35)46-42-25-30(23-24-36(42)43)45-38-21-11-8-18-32(38)34-26-33-31-17-7-10-20-37(31)44(39(33)27-40(34)45)29-15-5-2-6-16-29/h3*1-27H. The summed E-state index contributed by atoms with van der Waals surface area (Å²) < 4.78 is 34.6. The van der Waals surface area contributed by atoms with Gasteiger partial charge in [-0.15, -0.1) is 0 Å². The van der Waals surface area contributed by atoms with Gasteiger partial charge in [0, 0.05) is 117 Å². The number of rotatable bonds is 9. The van der Waals surface area contributed by atoms with E-state index in [1.54, 1.807) is 0 Å². The molecule has 6 aromatic heterocycles. The summed E-state index contributed by atoms with van der Waals surface area (Å²) in [7, 11) is 0. The van der Waals surface area contributed by atoms with Gasteiger partial charge in [-0.25, -0.2) is 0 Å². The van der Waals surface area contributed by atoms with Crippen LogP contribution in [0.1, 0.15) is 0 Å². The van der Waals surface area contributed by atoms with Crippen LogP contribution < -0.4 is 63.4 Å². The molecule has 3 aliphatic heterocycles. The van der Waals surface area contributed by atoms with Crippen LogP contribution in [0.25, 0.3) is 165 Å². The molecule has 0 unspecified atom stereocenters. The first kappa shape index (κ1) is 78.7. The number of hydrogen-bond acceptors (Lipinski definition) is 3. The van der Waals surface area contributed by atoms with Gasteiger partial charge in [0.15, 0.2) is 0 Å². The maximum atomic E-state index is 6.70. The molecule has 0 saturated carbocycles. The van der Waals surface area contributed by atoms with Gasteiger partial charge in [0.05, 0.1) is 66.2 Å². The smallest absolute Gasteiger partial charge is 0.250 e. The van der Waals surface area contributed by atoms with E-state index in [-0.39, 0.29) is 20.1 Å². The van der Waals surface area contributed by atoms with Crippen molar-refractivity contribution in [2.75, 3.05) is 0 Å². The lowest BCUT2D eigenvalue weighted by atomic mass is 9.36. The first-order valence-corrected chi connectivity index (χ1v) is 47.4. The van der Waals surface area contributed by atoms with Crippen molar-refractivity contribution in [2.24, 2.45) is 0 Å². The molecular formula is C126H81B3N6O3. The first-order chi connectivity index (χ1) is 68.5. The molecule has 0 radical (unpaired) electrons. The first-order valence-electron chi connectivity index (χ1n) is 47.4. The molecule has 9 nitrogen and oxygen atoms in total. The number of para-hydroxylation sites is 12. The van der Waals surface area contributed by atoms with Crippen molar-refractivity contribution in [2.45, 2.75) is 0 Å². The Bertz CT molecular complexity index is 9540. The second kappa shape index (κ2) is 31.9. The Morgan fingerprint density at radius 1 is 0.138 bits per heavy atom. The van der Waals surface area contributed by atoms with Crippen molar-refractivity contribution in [3.63, 3.8) is 0 Å². The maximum Gasteiger partial charge on any atom is 0.250 e. The van der Waals surface area contributed by atoms with Crippen LogP contribution in [0.3, 0.4) is 0 Å². The van der Waals surface area contributed by atoms with Gasteiger partial charge in [-0.2, -0.15) is 0 Å². The molecule has 0 bridgehead atoms. The quantitative estimate of drug-likeness (QED) is 0.135. The molecule has 3 aliphatic rings. The zero-order valence-corrected chi connectivity index (χ0v) is 74.9. The summed E-state index contributed by atoms with van der Waals surface area (Å²) in [6, 6.07) is 176. The summed E-state index contributed by atoms with van der Waals surface area (Å²) in [6.45, 7) is 0.305. The predicted molar refractivity (Wildman–Crippen MR) is 578 cm³/mol. The highest BCUT2D eigenvalue weighted by Crippen LogP contribution is 2.47. The van der Waals surface area contributed by atoms with Crippen LogP contribution in [0, 0.1) is 0 Å². The number of nitrogens with zero attached hydrogens (tertiary/aromatic N) is 6. The Balaban J connectivity index is 0.000000102. The molecule has 0 spiro atoms. The van der Waals surface area contributed by atoms with Crippen LogP contribution in [-0.2, 0) is 0 Å². The average molecular weight is 1760 g/mol. The number of hydrogen-bond donors (Lipinski definition) is 0. The highest BCUT2D eigenvalue weighted by molar-refractivity contribution is 6.98. The van der Waals surface area contributed by atoms with E-state index >= 15 is 0 Å². The highest BCUT2D eigenvalue weighted by atomic mass is 16.5. The van der Waals surface area contributed by atoms with Gasteiger partial charge in [0.2, 0.25) is 0 Å². The van der Waals surface area contributed by atoms with Gasteiger partial charge in [0.25, 0.3) is 20.1 Å². The third-order valence-electron chi connectivity index (χ3n) is 28.9. The Kier molecular flexibility index (Phi) is 18.2. The van der Waals surface area contributed by atoms with Crippen molar-refractivity contribution in [1.82, 2.24) is 27.4 Å². The minimum Gasteiger partial charge on any atom is -0.458 e. The molecule has 642 valence electrons. The normalized spacial score (nSPS) is 12.5. The molecule has 0 aliphatic carbocycles. The number of fused-ring (bicyclic) bond motifs is 26. The molecule has 30 rings (SSSR count). The lowest BCUT2D eigenvalue weighted by Crippen LogP contribution is -2.54. The van der Waals surface area contributed by atoms with E-state index in [9.17, 15) is 0 Å². The van der Waals surface area contributed by atoms with Crippen molar-refractivity contribution in [3.8, 4) is 68.6 Å². The molecule has 0 amide bonds.